The van der Waals surface area contributed by atoms with Gasteiger partial charge in [0.25, 0.3) is 0 Å². The first-order valence-corrected chi connectivity index (χ1v) is 9.34. The molecule has 7 heteroatoms. The molecule has 4 rings (SSSR count). The van der Waals surface area contributed by atoms with Gasteiger partial charge in [0, 0.05) is 11.8 Å². The molecular formula is C17H21N3O3S. The highest BCUT2D eigenvalue weighted by Gasteiger charge is 2.41. The minimum absolute atomic E-state index is 0.00870. The second-order valence-electron chi connectivity index (χ2n) is 6.60. The Balaban J connectivity index is 1.49. The van der Waals surface area contributed by atoms with Crippen molar-refractivity contribution in [1.82, 2.24) is 15.5 Å². The number of fused-ring (bicyclic) bond motifs is 1. The molecule has 1 N–H and O–H groups in total. The molecule has 3 heterocycles. The Morgan fingerprint density at radius 1 is 1.46 bits per heavy atom. The molecule has 128 valence electrons. The van der Waals surface area contributed by atoms with Crippen LogP contribution >= 0.6 is 11.3 Å². The summed E-state index contributed by atoms with van der Waals surface area (Å²) >= 11 is 1.67. The normalized spacial score (nSPS) is 22.3. The van der Waals surface area contributed by atoms with Crippen LogP contribution in [0.4, 0.5) is 0 Å². The predicted octanol–water partition coefficient (Wildman–Crippen LogP) is 3.03. The summed E-state index contributed by atoms with van der Waals surface area (Å²) in [7, 11) is 0. The van der Waals surface area contributed by atoms with Gasteiger partial charge in [0.05, 0.1) is 13.0 Å². The lowest BCUT2D eigenvalue weighted by Gasteiger charge is -2.29. The highest BCUT2D eigenvalue weighted by atomic mass is 32.1. The average molecular weight is 347 g/mol. The van der Waals surface area contributed by atoms with E-state index in [1.165, 1.54) is 10.4 Å². The summed E-state index contributed by atoms with van der Waals surface area (Å²) in [6, 6.07) is 2.13. The first kappa shape index (κ1) is 15.8. The molecule has 0 aromatic carbocycles. The van der Waals surface area contributed by atoms with Crippen molar-refractivity contribution in [3.63, 3.8) is 0 Å². The zero-order valence-corrected chi connectivity index (χ0v) is 14.5. The Morgan fingerprint density at radius 2 is 2.29 bits per heavy atom. The van der Waals surface area contributed by atoms with E-state index in [1.807, 2.05) is 0 Å². The molecule has 1 fully saturated rings. The number of carbonyl (C=O) groups excluding carboxylic acids is 1. The zero-order chi connectivity index (χ0) is 16.6. The lowest BCUT2D eigenvalue weighted by Crippen LogP contribution is -2.45. The quantitative estimate of drug-likeness (QED) is 0.920. The molecule has 2 aromatic heterocycles. The Morgan fingerprint density at radius 3 is 3.04 bits per heavy atom. The van der Waals surface area contributed by atoms with Crippen molar-refractivity contribution < 1.29 is 14.1 Å². The Kier molecular flexibility index (Phi) is 4.14. The van der Waals surface area contributed by atoms with E-state index >= 15 is 0 Å². The maximum Gasteiger partial charge on any atom is 0.223 e. The minimum Gasteiger partial charge on any atom is -0.372 e. The lowest BCUT2D eigenvalue weighted by atomic mass is 9.95. The standard InChI is InChI=1S/C17H21N3O3S/c1-11-18-16(20-23-11)17(6-2-3-7-17)19-14(21)10-13-15-12(4-8-22-13)5-9-24-15/h5,9,13H,2-4,6-8,10H2,1H3,(H,19,21). The van der Waals surface area contributed by atoms with Crippen LogP contribution in [-0.4, -0.2) is 22.7 Å². The Bertz CT molecular complexity index is 733. The largest absolute Gasteiger partial charge is 0.372 e. The van der Waals surface area contributed by atoms with Gasteiger partial charge in [-0.2, -0.15) is 4.98 Å². The number of carbonyl (C=O) groups is 1. The van der Waals surface area contributed by atoms with Gasteiger partial charge >= 0.3 is 0 Å². The van der Waals surface area contributed by atoms with Crippen LogP contribution in [0.1, 0.15) is 60.4 Å². The van der Waals surface area contributed by atoms with Gasteiger partial charge in [0.2, 0.25) is 11.8 Å². The molecule has 1 amide bonds. The maximum atomic E-state index is 12.7. The van der Waals surface area contributed by atoms with Crippen LogP contribution in [-0.2, 0) is 21.5 Å². The van der Waals surface area contributed by atoms with Gasteiger partial charge in [0.1, 0.15) is 11.6 Å². The SMILES string of the molecule is Cc1nc(C2(NC(=O)CC3OCCc4ccsc43)CCCC2)no1. The molecule has 1 atom stereocenters. The molecule has 0 saturated heterocycles. The van der Waals surface area contributed by atoms with Crippen molar-refractivity contribution >= 4 is 17.2 Å². The summed E-state index contributed by atoms with van der Waals surface area (Å²) < 4.78 is 11.0. The lowest BCUT2D eigenvalue weighted by molar-refractivity contribution is -0.126. The van der Waals surface area contributed by atoms with Crippen LogP contribution in [0.15, 0.2) is 16.0 Å². The van der Waals surface area contributed by atoms with E-state index in [0.717, 1.165) is 32.1 Å². The van der Waals surface area contributed by atoms with E-state index in [4.69, 9.17) is 9.26 Å². The maximum absolute atomic E-state index is 12.7. The fraction of sp³-hybridized carbons (Fsp3) is 0.588. The second-order valence-corrected chi connectivity index (χ2v) is 7.55. The minimum atomic E-state index is -0.484. The molecule has 2 aromatic rings. The highest BCUT2D eigenvalue weighted by molar-refractivity contribution is 7.10. The summed E-state index contributed by atoms with van der Waals surface area (Å²) in [5.41, 5.74) is 0.829. The molecule has 0 bridgehead atoms. The van der Waals surface area contributed by atoms with Crippen LogP contribution in [0.3, 0.4) is 0 Å². The zero-order valence-electron chi connectivity index (χ0n) is 13.7. The van der Waals surface area contributed by atoms with E-state index in [0.29, 0.717) is 24.7 Å². The smallest absolute Gasteiger partial charge is 0.223 e. The summed E-state index contributed by atoms with van der Waals surface area (Å²) in [4.78, 5) is 18.3. The summed E-state index contributed by atoms with van der Waals surface area (Å²) in [6.45, 7) is 2.45. The molecule has 1 aliphatic carbocycles. The fourth-order valence-corrected chi connectivity index (χ4v) is 4.74. The van der Waals surface area contributed by atoms with Crippen molar-refractivity contribution in [2.45, 2.75) is 57.1 Å². The summed E-state index contributed by atoms with van der Waals surface area (Å²) in [5.74, 6) is 1.13. The molecule has 2 aliphatic rings. The van der Waals surface area contributed by atoms with Crippen LogP contribution < -0.4 is 5.32 Å². The average Bonchev–Trinajstić information content (AvgIpc) is 3.27. The first-order valence-electron chi connectivity index (χ1n) is 8.46. The van der Waals surface area contributed by atoms with Gasteiger partial charge < -0.3 is 14.6 Å². The van der Waals surface area contributed by atoms with Crippen LogP contribution in [0.25, 0.3) is 0 Å². The van der Waals surface area contributed by atoms with Crippen molar-refractivity contribution in [3.8, 4) is 0 Å². The molecule has 0 radical (unpaired) electrons. The third-order valence-electron chi connectivity index (χ3n) is 4.93. The summed E-state index contributed by atoms with van der Waals surface area (Å²) in [6.07, 6.45) is 4.96. The highest BCUT2D eigenvalue weighted by Crippen LogP contribution is 2.38. The van der Waals surface area contributed by atoms with E-state index < -0.39 is 5.54 Å². The van der Waals surface area contributed by atoms with Crippen molar-refractivity contribution in [2.75, 3.05) is 6.61 Å². The number of hydrogen-bond donors (Lipinski definition) is 1. The number of ether oxygens (including phenoxy) is 1. The Labute approximate surface area is 144 Å². The van der Waals surface area contributed by atoms with Crippen molar-refractivity contribution in [1.29, 1.82) is 0 Å². The van der Waals surface area contributed by atoms with Gasteiger partial charge in [-0.25, -0.2) is 0 Å². The number of amides is 1. The van der Waals surface area contributed by atoms with Gasteiger partial charge in [-0.15, -0.1) is 11.3 Å². The second kappa shape index (κ2) is 6.29. The predicted molar refractivity (Wildman–Crippen MR) is 88.7 cm³/mol. The molecule has 6 nitrogen and oxygen atoms in total. The van der Waals surface area contributed by atoms with Crippen LogP contribution in [0, 0.1) is 6.92 Å². The number of nitrogens with one attached hydrogen (secondary N) is 1. The van der Waals surface area contributed by atoms with Crippen LogP contribution in [0.5, 0.6) is 0 Å². The van der Waals surface area contributed by atoms with Crippen molar-refractivity contribution in [3.05, 3.63) is 33.6 Å². The molecule has 1 unspecified atom stereocenters. The molecule has 24 heavy (non-hydrogen) atoms. The third-order valence-corrected chi connectivity index (χ3v) is 5.98. The van der Waals surface area contributed by atoms with Gasteiger partial charge in [0.15, 0.2) is 5.82 Å². The molecule has 1 saturated carbocycles. The Hall–Kier alpha value is -1.73. The molecule has 1 aliphatic heterocycles. The molecular weight excluding hydrogens is 326 g/mol. The number of rotatable bonds is 4. The number of thiophene rings is 1. The number of aryl methyl sites for hydroxylation is 1. The van der Waals surface area contributed by atoms with E-state index in [9.17, 15) is 4.79 Å². The van der Waals surface area contributed by atoms with Crippen molar-refractivity contribution in [2.24, 2.45) is 0 Å². The van der Waals surface area contributed by atoms with E-state index in [2.05, 4.69) is 26.9 Å². The van der Waals surface area contributed by atoms with Gasteiger partial charge in [-0.3, -0.25) is 4.79 Å². The fourth-order valence-electron chi connectivity index (χ4n) is 3.74. The number of aromatic nitrogens is 2. The van der Waals surface area contributed by atoms with E-state index in [-0.39, 0.29) is 12.0 Å². The summed E-state index contributed by atoms with van der Waals surface area (Å²) in [5, 5.41) is 9.33. The number of hydrogen-bond acceptors (Lipinski definition) is 6. The number of nitrogens with zero attached hydrogens (tertiary/aromatic N) is 2. The third kappa shape index (κ3) is 2.86. The first-order chi connectivity index (χ1) is 11.7. The van der Waals surface area contributed by atoms with Gasteiger partial charge in [-0.05, 0) is 36.3 Å². The van der Waals surface area contributed by atoms with Crippen LogP contribution in [0.2, 0.25) is 0 Å². The van der Waals surface area contributed by atoms with E-state index in [1.54, 1.807) is 18.3 Å². The topological polar surface area (TPSA) is 77.2 Å². The molecule has 0 spiro atoms. The monoisotopic (exact) mass is 347 g/mol. The van der Waals surface area contributed by atoms with Gasteiger partial charge in [-0.1, -0.05) is 18.0 Å².